The minimum atomic E-state index is 0.870. The summed E-state index contributed by atoms with van der Waals surface area (Å²) < 4.78 is 0. The van der Waals surface area contributed by atoms with Crippen LogP contribution in [0.4, 0.5) is 5.95 Å². The smallest absolute Gasteiger partial charge is 0.221 e. The normalized spacial score (nSPS) is 15.8. The topological polar surface area (TPSA) is 60.9 Å². The van der Waals surface area contributed by atoms with Crippen molar-refractivity contribution in [1.29, 1.82) is 0 Å². The Morgan fingerprint density at radius 1 is 1.12 bits per heavy atom. The van der Waals surface area contributed by atoms with E-state index in [4.69, 9.17) is 0 Å². The van der Waals surface area contributed by atoms with E-state index in [-0.39, 0.29) is 0 Å². The molecule has 0 bridgehead atoms. The lowest BCUT2D eigenvalue weighted by atomic mass is 10.1. The van der Waals surface area contributed by atoms with Crippen molar-refractivity contribution in [2.75, 3.05) is 31.1 Å². The first-order chi connectivity index (χ1) is 11.8. The average molecular weight is 340 g/mol. The molecule has 1 N–H and O–H groups in total. The number of nitrogens with one attached hydrogen (secondary N) is 1. The molecule has 124 valence electrons. The molecular weight excluding hydrogens is 320 g/mol. The van der Waals surface area contributed by atoms with Gasteiger partial charge in [0.2, 0.25) is 5.95 Å². The first kappa shape index (κ1) is 15.3. The van der Waals surface area contributed by atoms with Gasteiger partial charge in [0, 0.05) is 49.4 Å². The molecule has 0 amide bonds. The van der Waals surface area contributed by atoms with Crippen LogP contribution in [0.2, 0.25) is 0 Å². The Morgan fingerprint density at radius 3 is 2.71 bits per heavy atom. The molecule has 0 radical (unpaired) electrons. The van der Waals surface area contributed by atoms with Crippen molar-refractivity contribution in [3.63, 3.8) is 0 Å². The summed E-state index contributed by atoms with van der Waals surface area (Å²) in [6, 6.07) is 8.43. The van der Waals surface area contributed by atoms with Crippen molar-refractivity contribution in [3.05, 3.63) is 47.2 Å². The van der Waals surface area contributed by atoms with E-state index in [2.05, 4.69) is 61.2 Å². The summed E-state index contributed by atoms with van der Waals surface area (Å²) in [6.07, 6.45) is 3.58. The fourth-order valence-electron chi connectivity index (χ4n) is 3.01. The van der Waals surface area contributed by atoms with Crippen LogP contribution in [0, 0.1) is 6.92 Å². The lowest BCUT2D eigenvalue weighted by Crippen LogP contribution is -2.46. The molecule has 0 atom stereocenters. The number of aromatic nitrogens is 4. The molecule has 1 aliphatic rings. The van der Waals surface area contributed by atoms with Crippen LogP contribution in [0.5, 0.6) is 0 Å². The van der Waals surface area contributed by atoms with E-state index in [0.717, 1.165) is 43.7 Å². The number of hydrogen-bond donors (Lipinski definition) is 1. The van der Waals surface area contributed by atoms with Gasteiger partial charge >= 0.3 is 0 Å². The van der Waals surface area contributed by atoms with Gasteiger partial charge in [0.25, 0.3) is 0 Å². The Labute approximate surface area is 145 Å². The largest absolute Gasteiger partial charge is 0.339 e. The van der Waals surface area contributed by atoms with Crippen molar-refractivity contribution < 1.29 is 0 Å². The summed E-state index contributed by atoms with van der Waals surface area (Å²) in [6.45, 7) is 7.10. The molecule has 7 heteroatoms. The number of benzene rings is 1. The van der Waals surface area contributed by atoms with Gasteiger partial charge in [-0.25, -0.2) is 10.1 Å². The second-order valence-electron chi connectivity index (χ2n) is 6.02. The molecule has 1 fully saturated rings. The van der Waals surface area contributed by atoms with Crippen LogP contribution in [-0.4, -0.2) is 51.2 Å². The molecule has 24 heavy (non-hydrogen) atoms. The van der Waals surface area contributed by atoms with Crippen molar-refractivity contribution in [3.8, 4) is 10.6 Å². The lowest BCUT2D eigenvalue weighted by molar-refractivity contribution is 0.250. The predicted molar refractivity (Wildman–Crippen MR) is 96.2 cm³/mol. The molecule has 1 aromatic carbocycles. The maximum atomic E-state index is 4.63. The number of H-pyrrole nitrogens is 1. The number of piperazine rings is 1. The molecule has 1 aliphatic heterocycles. The Bertz CT molecular complexity index is 789. The fraction of sp³-hybridized carbons (Fsp3) is 0.353. The van der Waals surface area contributed by atoms with Gasteiger partial charge in [0.15, 0.2) is 0 Å². The van der Waals surface area contributed by atoms with E-state index in [9.17, 15) is 0 Å². The summed E-state index contributed by atoms with van der Waals surface area (Å²) in [5.41, 5.74) is 2.52. The van der Waals surface area contributed by atoms with Crippen molar-refractivity contribution in [2.45, 2.75) is 13.5 Å². The Balaban J connectivity index is 1.38. The minimum absolute atomic E-state index is 0.870. The summed E-state index contributed by atoms with van der Waals surface area (Å²) >= 11 is 1.80. The Kier molecular flexibility index (Phi) is 4.27. The molecular formula is C17H20N6S. The summed E-state index contributed by atoms with van der Waals surface area (Å²) in [5.74, 6) is 0.870. The number of aromatic amines is 1. The zero-order valence-electron chi connectivity index (χ0n) is 13.6. The third-order valence-electron chi connectivity index (χ3n) is 4.38. The maximum absolute atomic E-state index is 4.63. The standard InChI is InChI=1S/C17H20N6S/c1-13-4-2-3-5-15(13)16-18-10-14(24-16)11-22-6-8-23(9-7-22)17-19-12-20-21-17/h2-5,10,12H,6-9,11H2,1H3,(H,19,20,21). The second kappa shape index (κ2) is 6.70. The van der Waals surface area contributed by atoms with Crippen LogP contribution in [0.1, 0.15) is 10.4 Å². The lowest BCUT2D eigenvalue weighted by Gasteiger charge is -2.33. The van der Waals surface area contributed by atoms with Crippen molar-refractivity contribution >= 4 is 17.3 Å². The predicted octanol–water partition coefficient (Wildman–Crippen LogP) is 2.56. The molecule has 2 aromatic heterocycles. The number of hydrogen-bond acceptors (Lipinski definition) is 6. The molecule has 0 aliphatic carbocycles. The molecule has 1 saturated heterocycles. The maximum Gasteiger partial charge on any atom is 0.221 e. The van der Waals surface area contributed by atoms with Crippen LogP contribution in [-0.2, 0) is 6.54 Å². The molecule has 6 nitrogen and oxygen atoms in total. The van der Waals surface area contributed by atoms with Gasteiger partial charge in [0.1, 0.15) is 11.3 Å². The van der Waals surface area contributed by atoms with Gasteiger partial charge in [-0.05, 0) is 12.5 Å². The van der Waals surface area contributed by atoms with Crippen molar-refractivity contribution in [2.24, 2.45) is 0 Å². The van der Waals surface area contributed by atoms with E-state index in [1.807, 2.05) is 6.20 Å². The zero-order valence-corrected chi connectivity index (χ0v) is 14.5. The first-order valence-electron chi connectivity index (χ1n) is 8.13. The van der Waals surface area contributed by atoms with Gasteiger partial charge < -0.3 is 4.90 Å². The summed E-state index contributed by atoms with van der Waals surface area (Å²) in [7, 11) is 0. The number of aryl methyl sites for hydroxylation is 1. The highest BCUT2D eigenvalue weighted by atomic mass is 32.1. The SMILES string of the molecule is Cc1ccccc1-c1ncc(CN2CCN(c3ncn[nH]3)CC2)s1. The van der Waals surface area contributed by atoms with Gasteiger partial charge in [-0.2, -0.15) is 10.1 Å². The van der Waals surface area contributed by atoms with E-state index >= 15 is 0 Å². The number of rotatable bonds is 4. The van der Waals surface area contributed by atoms with Crippen LogP contribution >= 0.6 is 11.3 Å². The van der Waals surface area contributed by atoms with Crippen LogP contribution < -0.4 is 4.90 Å². The average Bonchev–Trinajstić information content (AvgIpc) is 3.28. The van der Waals surface area contributed by atoms with E-state index in [1.54, 1.807) is 17.7 Å². The second-order valence-corrected chi connectivity index (χ2v) is 7.13. The van der Waals surface area contributed by atoms with E-state index in [0.29, 0.717) is 0 Å². The Hall–Kier alpha value is -2.25. The fourth-order valence-corrected chi connectivity index (χ4v) is 4.05. The number of anilines is 1. The zero-order chi connectivity index (χ0) is 16.4. The third-order valence-corrected chi connectivity index (χ3v) is 5.40. The van der Waals surface area contributed by atoms with Gasteiger partial charge in [0.05, 0.1) is 0 Å². The number of thiazole rings is 1. The molecule has 3 heterocycles. The van der Waals surface area contributed by atoms with Gasteiger partial charge in [-0.3, -0.25) is 4.90 Å². The third kappa shape index (κ3) is 3.18. The highest BCUT2D eigenvalue weighted by Crippen LogP contribution is 2.28. The van der Waals surface area contributed by atoms with E-state index in [1.165, 1.54) is 16.0 Å². The van der Waals surface area contributed by atoms with Crippen LogP contribution in [0.25, 0.3) is 10.6 Å². The summed E-state index contributed by atoms with van der Waals surface area (Å²) in [5, 5.41) is 7.98. The quantitative estimate of drug-likeness (QED) is 0.791. The monoisotopic (exact) mass is 340 g/mol. The molecule has 4 rings (SSSR count). The number of nitrogens with zero attached hydrogens (tertiary/aromatic N) is 5. The Morgan fingerprint density at radius 2 is 1.96 bits per heavy atom. The molecule has 0 unspecified atom stereocenters. The van der Waals surface area contributed by atoms with Crippen LogP contribution in [0.3, 0.4) is 0 Å². The molecule has 0 spiro atoms. The van der Waals surface area contributed by atoms with Crippen molar-refractivity contribution in [1.82, 2.24) is 25.1 Å². The van der Waals surface area contributed by atoms with E-state index < -0.39 is 0 Å². The minimum Gasteiger partial charge on any atom is -0.339 e. The highest BCUT2D eigenvalue weighted by Gasteiger charge is 2.19. The summed E-state index contributed by atoms with van der Waals surface area (Å²) in [4.78, 5) is 14.9. The highest BCUT2D eigenvalue weighted by molar-refractivity contribution is 7.15. The van der Waals surface area contributed by atoms with Gasteiger partial charge in [-0.15, -0.1) is 11.3 Å². The molecule has 3 aromatic rings. The van der Waals surface area contributed by atoms with Crippen LogP contribution in [0.15, 0.2) is 36.8 Å². The first-order valence-corrected chi connectivity index (χ1v) is 8.94. The van der Waals surface area contributed by atoms with Gasteiger partial charge in [-0.1, -0.05) is 24.3 Å². The molecule has 0 saturated carbocycles.